The molecule has 6 nitrogen and oxygen atoms in total. The number of hydrogen-bond acceptors (Lipinski definition) is 4. The minimum absolute atomic E-state index is 0.337. The van der Waals surface area contributed by atoms with E-state index in [0.29, 0.717) is 23.5 Å². The van der Waals surface area contributed by atoms with Gasteiger partial charge in [-0.1, -0.05) is 12.1 Å². The highest BCUT2D eigenvalue weighted by atomic mass is 32.2. The van der Waals surface area contributed by atoms with Crippen molar-refractivity contribution >= 4 is 15.8 Å². The Bertz CT molecular complexity index is 659. The minimum atomic E-state index is -3.15. The maximum Gasteiger partial charge on any atom is 0.191 e. The lowest BCUT2D eigenvalue weighted by Gasteiger charge is -2.30. The average Bonchev–Trinajstić information content (AvgIpc) is 2.56. The van der Waals surface area contributed by atoms with E-state index in [4.69, 9.17) is 0 Å². The van der Waals surface area contributed by atoms with Crippen molar-refractivity contribution in [3.05, 3.63) is 29.8 Å². The number of benzene rings is 1. The molecule has 7 heteroatoms. The van der Waals surface area contributed by atoms with Crippen LogP contribution in [0.15, 0.2) is 34.2 Å². The molecule has 0 spiro atoms. The smallest absolute Gasteiger partial charge is 0.191 e. The van der Waals surface area contributed by atoms with Gasteiger partial charge in [0.25, 0.3) is 0 Å². The fourth-order valence-corrected chi connectivity index (χ4v) is 3.47. The highest BCUT2D eigenvalue weighted by Gasteiger charge is 2.12. The summed E-state index contributed by atoms with van der Waals surface area (Å²) >= 11 is 0. The van der Waals surface area contributed by atoms with Crippen LogP contribution in [0.2, 0.25) is 0 Å². The molecule has 26 heavy (non-hydrogen) atoms. The van der Waals surface area contributed by atoms with Crippen LogP contribution in [0.1, 0.15) is 39.7 Å². The number of guanidine groups is 1. The van der Waals surface area contributed by atoms with Crippen LogP contribution < -0.4 is 10.6 Å². The van der Waals surface area contributed by atoms with Gasteiger partial charge >= 0.3 is 0 Å². The average molecular weight is 383 g/mol. The number of sulfone groups is 1. The lowest BCUT2D eigenvalue weighted by molar-refractivity contribution is 0.173. The Morgan fingerprint density at radius 1 is 1.08 bits per heavy atom. The highest BCUT2D eigenvalue weighted by molar-refractivity contribution is 7.90. The van der Waals surface area contributed by atoms with Crippen molar-refractivity contribution in [2.45, 2.75) is 57.6 Å². The summed E-state index contributed by atoms with van der Waals surface area (Å²) in [5.41, 5.74) is 1.01. The van der Waals surface area contributed by atoms with Gasteiger partial charge in [0, 0.05) is 45.0 Å². The summed E-state index contributed by atoms with van der Waals surface area (Å²) in [5, 5.41) is 6.58. The van der Waals surface area contributed by atoms with Crippen molar-refractivity contribution in [1.29, 1.82) is 0 Å². The molecule has 1 aromatic carbocycles. The van der Waals surface area contributed by atoms with Crippen molar-refractivity contribution in [2.24, 2.45) is 4.99 Å². The molecule has 0 aliphatic rings. The van der Waals surface area contributed by atoms with Gasteiger partial charge in [0.15, 0.2) is 15.8 Å². The number of hydrogen-bond donors (Lipinski definition) is 2. The molecule has 0 unspecified atom stereocenters. The summed E-state index contributed by atoms with van der Waals surface area (Å²) in [6.07, 6.45) is 2.26. The van der Waals surface area contributed by atoms with E-state index in [1.807, 2.05) is 12.1 Å². The van der Waals surface area contributed by atoms with Crippen LogP contribution in [0.4, 0.5) is 0 Å². The normalized spacial score (nSPS) is 12.9. The highest BCUT2D eigenvalue weighted by Crippen LogP contribution is 2.10. The molecular weight excluding hydrogens is 348 g/mol. The molecule has 0 aliphatic carbocycles. The van der Waals surface area contributed by atoms with E-state index in [1.54, 1.807) is 19.2 Å². The molecule has 2 N–H and O–H groups in total. The van der Waals surface area contributed by atoms with Gasteiger partial charge in [0.05, 0.1) is 4.90 Å². The Morgan fingerprint density at radius 3 is 2.12 bits per heavy atom. The molecule has 1 rings (SSSR count). The molecule has 0 bridgehead atoms. The predicted molar refractivity (Wildman–Crippen MR) is 109 cm³/mol. The SMILES string of the molecule is CN=C(NCCCN(C(C)C)C(C)C)NCc1ccc(S(C)(=O)=O)cc1. The molecule has 0 aliphatic heterocycles. The van der Waals surface area contributed by atoms with E-state index >= 15 is 0 Å². The number of nitrogens with one attached hydrogen (secondary N) is 2. The summed E-state index contributed by atoms with van der Waals surface area (Å²) < 4.78 is 23.0. The largest absolute Gasteiger partial charge is 0.356 e. The van der Waals surface area contributed by atoms with Crippen LogP contribution in [-0.2, 0) is 16.4 Å². The zero-order chi connectivity index (χ0) is 19.7. The number of rotatable bonds is 9. The van der Waals surface area contributed by atoms with Crippen LogP contribution in [0, 0.1) is 0 Å². The lowest BCUT2D eigenvalue weighted by Crippen LogP contribution is -2.41. The maximum absolute atomic E-state index is 11.5. The quantitative estimate of drug-likeness (QED) is 0.389. The first kappa shape index (κ1) is 22.4. The molecule has 0 fully saturated rings. The summed E-state index contributed by atoms with van der Waals surface area (Å²) in [4.78, 5) is 7.04. The van der Waals surface area contributed by atoms with Gasteiger partial charge in [-0.05, 0) is 51.8 Å². The van der Waals surface area contributed by atoms with E-state index < -0.39 is 9.84 Å². The van der Waals surface area contributed by atoms with E-state index in [-0.39, 0.29) is 0 Å². The molecule has 0 saturated carbocycles. The first-order valence-electron chi connectivity index (χ1n) is 9.14. The third kappa shape index (κ3) is 7.74. The Kier molecular flexibility index (Phi) is 9.08. The van der Waals surface area contributed by atoms with Crippen LogP contribution >= 0.6 is 0 Å². The first-order chi connectivity index (χ1) is 12.1. The van der Waals surface area contributed by atoms with E-state index in [1.165, 1.54) is 6.26 Å². The molecule has 0 atom stereocenters. The molecular formula is C19H34N4O2S. The van der Waals surface area contributed by atoms with E-state index in [9.17, 15) is 8.42 Å². The molecule has 0 saturated heterocycles. The topological polar surface area (TPSA) is 73.8 Å². The molecule has 0 aromatic heterocycles. The minimum Gasteiger partial charge on any atom is -0.356 e. The van der Waals surface area contributed by atoms with Gasteiger partial charge in [-0.15, -0.1) is 0 Å². The maximum atomic E-state index is 11.5. The fourth-order valence-electron chi connectivity index (χ4n) is 2.84. The van der Waals surface area contributed by atoms with Gasteiger partial charge in [-0.2, -0.15) is 0 Å². The molecule has 148 valence electrons. The van der Waals surface area contributed by atoms with Crippen LogP contribution in [-0.4, -0.2) is 57.8 Å². The summed E-state index contributed by atoms with van der Waals surface area (Å²) in [7, 11) is -1.40. The zero-order valence-electron chi connectivity index (χ0n) is 16.9. The van der Waals surface area contributed by atoms with Gasteiger partial charge in [-0.25, -0.2) is 8.42 Å². The first-order valence-corrected chi connectivity index (χ1v) is 11.0. The standard InChI is InChI=1S/C19H34N4O2S/c1-15(2)23(16(3)4)13-7-12-21-19(20-5)22-14-17-8-10-18(11-9-17)26(6,24)25/h8-11,15-16H,7,12-14H2,1-6H3,(H2,20,21,22). The van der Waals surface area contributed by atoms with Crippen molar-refractivity contribution in [2.75, 3.05) is 26.4 Å². The lowest BCUT2D eigenvalue weighted by atomic mass is 10.2. The Hall–Kier alpha value is -1.60. The second kappa shape index (κ2) is 10.5. The third-order valence-electron chi connectivity index (χ3n) is 4.25. The van der Waals surface area contributed by atoms with Gasteiger partial charge < -0.3 is 10.6 Å². The molecule has 0 amide bonds. The van der Waals surface area contributed by atoms with Crippen molar-refractivity contribution in [3.63, 3.8) is 0 Å². The van der Waals surface area contributed by atoms with Crippen LogP contribution in [0.3, 0.4) is 0 Å². The van der Waals surface area contributed by atoms with Crippen LogP contribution in [0.5, 0.6) is 0 Å². The van der Waals surface area contributed by atoms with Gasteiger partial charge in [-0.3, -0.25) is 9.89 Å². The Balaban J connectivity index is 2.42. The van der Waals surface area contributed by atoms with Crippen molar-refractivity contribution in [3.8, 4) is 0 Å². The van der Waals surface area contributed by atoms with Crippen molar-refractivity contribution in [1.82, 2.24) is 15.5 Å². The summed E-state index contributed by atoms with van der Waals surface area (Å²) in [6.45, 7) is 11.4. The molecule has 0 heterocycles. The monoisotopic (exact) mass is 382 g/mol. The third-order valence-corrected chi connectivity index (χ3v) is 5.38. The number of aliphatic imine (C=N–C) groups is 1. The molecule has 1 aromatic rings. The van der Waals surface area contributed by atoms with Gasteiger partial charge in [0.2, 0.25) is 0 Å². The summed E-state index contributed by atoms with van der Waals surface area (Å²) in [6, 6.07) is 7.99. The van der Waals surface area contributed by atoms with Gasteiger partial charge in [0.1, 0.15) is 0 Å². The van der Waals surface area contributed by atoms with E-state index in [0.717, 1.165) is 31.0 Å². The fraction of sp³-hybridized carbons (Fsp3) is 0.632. The van der Waals surface area contributed by atoms with Crippen molar-refractivity contribution < 1.29 is 8.42 Å². The molecule has 0 radical (unpaired) electrons. The number of nitrogens with zero attached hydrogens (tertiary/aromatic N) is 2. The van der Waals surface area contributed by atoms with Crippen LogP contribution in [0.25, 0.3) is 0 Å². The van der Waals surface area contributed by atoms with E-state index in [2.05, 4.69) is 48.2 Å². The zero-order valence-corrected chi connectivity index (χ0v) is 17.7. The summed E-state index contributed by atoms with van der Waals surface area (Å²) in [5.74, 6) is 0.748. The Labute approximate surface area is 159 Å². The Morgan fingerprint density at radius 2 is 1.65 bits per heavy atom. The predicted octanol–water partition coefficient (Wildman–Crippen LogP) is 2.26. The second-order valence-electron chi connectivity index (χ2n) is 7.05. The second-order valence-corrected chi connectivity index (χ2v) is 9.06.